The van der Waals surface area contributed by atoms with Crippen molar-refractivity contribution in [2.75, 3.05) is 51.0 Å². The van der Waals surface area contributed by atoms with Crippen LogP contribution in [-0.2, 0) is 26.5 Å². The van der Waals surface area contributed by atoms with E-state index in [4.69, 9.17) is 47.4 Å². The largest absolute Gasteiger partial charge is 0.491 e. The molecule has 5 rings (SSSR count). The number of anilines is 1. The van der Waals surface area contributed by atoms with E-state index in [1.807, 2.05) is 12.1 Å². The van der Waals surface area contributed by atoms with Crippen LogP contribution in [0.15, 0.2) is 60.1 Å². The van der Waals surface area contributed by atoms with Gasteiger partial charge in [0.15, 0.2) is 6.40 Å². The van der Waals surface area contributed by atoms with Crippen LogP contribution in [-0.4, -0.2) is 78.3 Å². The van der Waals surface area contributed by atoms with Crippen LogP contribution >= 0.6 is 23.2 Å². The van der Waals surface area contributed by atoms with Gasteiger partial charge in [-0.05, 0) is 36.4 Å². The summed E-state index contributed by atoms with van der Waals surface area (Å²) in [5, 5.41) is 13.6. The molecule has 2 unspecified atom stereocenters. The predicted molar refractivity (Wildman–Crippen MR) is 145 cm³/mol. The van der Waals surface area contributed by atoms with Gasteiger partial charge in [0.05, 0.1) is 11.6 Å². The maximum absolute atomic E-state index is 8.41. The first-order valence-electron chi connectivity index (χ1n) is 12.4. The summed E-state index contributed by atoms with van der Waals surface area (Å²) in [6.07, 6.45) is 5.58. The minimum absolute atomic E-state index is 0.270. The summed E-state index contributed by atoms with van der Waals surface area (Å²) in [4.78, 5) is 11.9. The van der Waals surface area contributed by atoms with Crippen LogP contribution in [0.5, 0.6) is 5.75 Å². The van der Waals surface area contributed by atoms with E-state index < -0.39 is 5.79 Å². The minimum Gasteiger partial charge on any atom is -0.491 e. The van der Waals surface area contributed by atoms with Gasteiger partial charge in [-0.2, -0.15) is 10.4 Å². The van der Waals surface area contributed by atoms with Crippen LogP contribution in [0.4, 0.5) is 5.69 Å². The highest BCUT2D eigenvalue weighted by Gasteiger charge is 2.45. The fourth-order valence-corrected chi connectivity index (χ4v) is 5.11. The van der Waals surface area contributed by atoms with Crippen molar-refractivity contribution >= 4 is 35.3 Å². The summed E-state index contributed by atoms with van der Waals surface area (Å²) in [6, 6.07) is 13.2. The molecule has 2 fully saturated rings. The van der Waals surface area contributed by atoms with E-state index in [1.54, 1.807) is 35.4 Å². The molecule has 39 heavy (non-hydrogen) atoms. The molecule has 2 atom stereocenters. The summed E-state index contributed by atoms with van der Waals surface area (Å²) in [7, 11) is 0. The Morgan fingerprint density at radius 2 is 1.97 bits per heavy atom. The Balaban J connectivity index is 1.15. The fourth-order valence-electron chi connectivity index (χ4n) is 4.56. The molecule has 0 amide bonds. The van der Waals surface area contributed by atoms with Crippen molar-refractivity contribution in [1.29, 1.82) is 5.26 Å². The van der Waals surface area contributed by atoms with Gasteiger partial charge in [-0.25, -0.2) is 9.67 Å². The van der Waals surface area contributed by atoms with Crippen molar-refractivity contribution < 1.29 is 18.9 Å². The van der Waals surface area contributed by atoms with Crippen molar-refractivity contribution in [3.05, 3.63) is 70.7 Å². The van der Waals surface area contributed by atoms with Gasteiger partial charge in [-0.1, -0.05) is 29.3 Å². The van der Waals surface area contributed by atoms with E-state index >= 15 is 0 Å². The average Bonchev–Trinajstić information content (AvgIpc) is 3.61. The molecule has 0 saturated carbocycles. The first kappa shape index (κ1) is 27.2. The zero-order valence-electron chi connectivity index (χ0n) is 21.0. The Bertz CT molecular complexity index is 1290. The smallest absolute Gasteiger partial charge is 0.217 e. The summed E-state index contributed by atoms with van der Waals surface area (Å²) in [5.74, 6) is -0.410. The molecule has 0 N–H and O–H groups in total. The van der Waals surface area contributed by atoms with E-state index in [0.29, 0.717) is 35.6 Å². The van der Waals surface area contributed by atoms with E-state index in [-0.39, 0.29) is 12.6 Å². The van der Waals surface area contributed by atoms with Crippen LogP contribution in [0.25, 0.3) is 0 Å². The van der Waals surface area contributed by atoms with Crippen LogP contribution in [0.2, 0.25) is 10.0 Å². The molecule has 0 radical (unpaired) electrons. The molecule has 204 valence electrons. The lowest BCUT2D eigenvalue weighted by Gasteiger charge is -2.35. The molecule has 0 spiro atoms. The number of aromatic nitrogens is 3. The van der Waals surface area contributed by atoms with E-state index in [0.717, 1.165) is 37.6 Å². The third kappa shape index (κ3) is 6.79. The zero-order valence-corrected chi connectivity index (χ0v) is 22.5. The summed E-state index contributed by atoms with van der Waals surface area (Å²) in [5.41, 5.74) is 1.79. The molecule has 2 aliphatic rings. The van der Waals surface area contributed by atoms with Crippen molar-refractivity contribution in [2.45, 2.75) is 18.4 Å². The molecule has 3 aromatic rings. The fraction of sp³-hybridized carbons (Fsp3) is 0.385. The number of aliphatic imine (C=N–C) groups is 1. The van der Waals surface area contributed by atoms with Crippen molar-refractivity contribution in [3.8, 4) is 11.9 Å². The second-order valence-electron chi connectivity index (χ2n) is 9.06. The Hall–Kier alpha value is -3.40. The summed E-state index contributed by atoms with van der Waals surface area (Å²) < 4.78 is 25.6. The minimum atomic E-state index is -1.15. The number of nitriles is 1. The molecule has 2 saturated heterocycles. The zero-order chi connectivity index (χ0) is 27.1. The SMILES string of the molecule is N#CN=COCN1CCN(c2ccc(OCC3COC(Cn4cncn4)(c4ccc(Cl)cc4Cl)O3)cc2)CC1. The van der Waals surface area contributed by atoms with Crippen molar-refractivity contribution in [1.82, 2.24) is 19.7 Å². The Kier molecular flexibility index (Phi) is 8.81. The summed E-state index contributed by atoms with van der Waals surface area (Å²) >= 11 is 12.6. The molecule has 11 nitrogen and oxygen atoms in total. The molecule has 0 aliphatic carbocycles. The predicted octanol–water partition coefficient (Wildman–Crippen LogP) is 3.54. The molecule has 2 aliphatic heterocycles. The second-order valence-corrected chi connectivity index (χ2v) is 9.90. The number of piperazine rings is 1. The lowest BCUT2D eigenvalue weighted by atomic mass is 10.1. The van der Waals surface area contributed by atoms with Crippen LogP contribution in [0.1, 0.15) is 5.56 Å². The third-order valence-electron chi connectivity index (χ3n) is 6.49. The monoisotopic (exact) mass is 571 g/mol. The van der Waals surface area contributed by atoms with Crippen LogP contribution in [0, 0.1) is 11.5 Å². The number of hydrogen-bond acceptors (Lipinski definition) is 10. The lowest BCUT2D eigenvalue weighted by molar-refractivity contribution is -0.190. The van der Waals surface area contributed by atoms with E-state index in [9.17, 15) is 0 Å². The molecule has 3 heterocycles. The normalized spacial score (nSPS) is 21.8. The second kappa shape index (κ2) is 12.6. The van der Waals surface area contributed by atoms with Gasteiger partial charge in [0.1, 0.15) is 44.4 Å². The molecule has 13 heteroatoms. The van der Waals surface area contributed by atoms with Gasteiger partial charge >= 0.3 is 0 Å². The first-order valence-corrected chi connectivity index (χ1v) is 13.1. The molecule has 2 aromatic carbocycles. The van der Waals surface area contributed by atoms with Crippen LogP contribution < -0.4 is 9.64 Å². The number of nitrogens with zero attached hydrogens (tertiary/aromatic N) is 7. The standard InChI is InChI=1S/C26H27Cl2N7O4/c27-20-1-6-24(25(28)11-20)26(14-35-17-31-16-32-35)38-13-23(39-26)12-37-22-4-2-21(3-5-22)34-9-7-33(8-10-34)19-36-18-30-15-29/h1-6,11,16-18,23H,7-10,12-14,19H2. The van der Waals surface area contributed by atoms with Gasteiger partial charge in [0.2, 0.25) is 12.0 Å². The maximum Gasteiger partial charge on any atom is 0.217 e. The van der Waals surface area contributed by atoms with E-state index in [1.165, 1.54) is 12.7 Å². The highest BCUT2D eigenvalue weighted by molar-refractivity contribution is 6.35. The molecular weight excluding hydrogens is 545 g/mol. The number of benzene rings is 2. The van der Waals surface area contributed by atoms with E-state index in [2.05, 4.69) is 37.0 Å². The average molecular weight is 572 g/mol. The number of rotatable bonds is 10. The van der Waals surface area contributed by atoms with Gasteiger partial charge in [-0.15, -0.1) is 4.99 Å². The molecule has 1 aromatic heterocycles. The third-order valence-corrected chi connectivity index (χ3v) is 7.04. The highest BCUT2D eigenvalue weighted by atomic mass is 35.5. The maximum atomic E-state index is 8.41. The van der Waals surface area contributed by atoms with Gasteiger partial charge in [-0.3, -0.25) is 4.90 Å². The molecule has 0 bridgehead atoms. The van der Waals surface area contributed by atoms with Crippen LogP contribution in [0.3, 0.4) is 0 Å². The highest BCUT2D eigenvalue weighted by Crippen LogP contribution is 2.40. The number of ether oxygens (including phenoxy) is 4. The Morgan fingerprint density at radius 1 is 1.15 bits per heavy atom. The van der Waals surface area contributed by atoms with Gasteiger partial charge < -0.3 is 23.8 Å². The quantitative estimate of drug-likeness (QED) is 0.205. The Labute approximate surface area is 236 Å². The molecular formula is C26H27Cl2N7O4. The van der Waals surface area contributed by atoms with Crippen molar-refractivity contribution in [2.24, 2.45) is 4.99 Å². The number of halogens is 2. The topological polar surface area (TPSA) is 110 Å². The lowest BCUT2D eigenvalue weighted by Crippen LogP contribution is -2.47. The summed E-state index contributed by atoms with van der Waals surface area (Å²) in [6.45, 7) is 4.76. The van der Waals surface area contributed by atoms with Crippen molar-refractivity contribution in [3.63, 3.8) is 0 Å². The Morgan fingerprint density at radius 3 is 2.69 bits per heavy atom. The van der Waals surface area contributed by atoms with Gasteiger partial charge in [0.25, 0.3) is 0 Å². The van der Waals surface area contributed by atoms with Gasteiger partial charge in [0, 0.05) is 42.5 Å². The number of hydrogen-bond donors (Lipinski definition) is 0. The first-order chi connectivity index (χ1) is 19.0.